The first-order valence-electron chi connectivity index (χ1n) is 7.39. The minimum Gasteiger partial charge on any atom is -0.493 e. The van der Waals surface area contributed by atoms with Gasteiger partial charge in [-0.15, -0.1) is 0 Å². The minimum absolute atomic E-state index is 0.00773. The molecule has 6 nitrogen and oxygen atoms in total. The van der Waals surface area contributed by atoms with Crippen molar-refractivity contribution < 1.29 is 19.1 Å². The van der Waals surface area contributed by atoms with Crippen molar-refractivity contribution in [3.8, 4) is 11.5 Å². The van der Waals surface area contributed by atoms with Gasteiger partial charge in [-0.3, -0.25) is 9.59 Å². The third-order valence-corrected chi connectivity index (χ3v) is 3.85. The smallest absolute Gasteiger partial charge is 0.255 e. The molecule has 0 aromatic heterocycles. The zero-order valence-corrected chi connectivity index (χ0v) is 13.0. The average molecular weight is 306 g/mol. The monoisotopic (exact) mass is 306 g/mol. The second kappa shape index (κ2) is 7.15. The van der Waals surface area contributed by atoms with Crippen LogP contribution in [0.4, 0.5) is 0 Å². The first-order chi connectivity index (χ1) is 10.5. The molecule has 1 heterocycles. The molecular weight excluding hydrogens is 284 g/mol. The summed E-state index contributed by atoms with van der Waals surface area (Å²) in [5.74, 6) is 0.905. The number of methoxy groups -OCH3 is 1. The fraction of sp³-hybridized carbons (Fsp3) is 0.500. The molecule has 1 fully saturated rings. The number of ether oxygens (including phenoxy) is 2. The first-order valence-corrected chi connectivity index (χ1v) is 7.39. The van der Waals surface area contributed by atoms with Gasteiger partial charge >= 0.3 is 0 Å². The number of hydrogen-bond acceptors (Lipinski definition) is 4. The molecule has 2 amide bonds. The summed E-state index contributed by atoms with van der Waals surface area (Å²) in [5, 5.41) is 0. The van der Waals surface area contributed by atoms with E-state index in [1.807, 2.05) is 4.90 Å². The van der Waals surface area contributed by atoms with Crippen LogP contribution in [0.1, 0.15) is 30.1 Å². The van der Waals surface area contributed by atoms with Crippen molar-refractivity contribution in [2.45, 2.75) is 19.8 Å². The molecule has 0 spiro atoms. The highest BCUT2D eigenvalue weighted by atomic mass is 16.5. The van der Waals surface area contributed by atoms with E-state index < -0.39 is 5.91 Å². The van der Waals surface area contributed by atoms with Crippen molar-refractivity contribution in [1.82, 2.24) is 4.90 Å². The molecule has 1 aliphatic heterocycles. The Morgan fingerprint density at radius 1 is 1.27 bits per heavy atom. The summed E-state index contributed by atoms with van der Waals surface area (Å²) < 4.78 is 10.5. The van der Waals surface area contributed by atoms with Gasteiger partial charge in [-0.2, -0.15) is 0 Å². The third-order valence-electron chi connectivity index (χ3n) is 3.85. The van der Waals surface area contributed by atoms with E-state index in [1.165, 1.54) is 7.11 Å². The summed E-state index contributed by atoms with van der Waals surface area (Å²) in [6.07, 6.45) is 2.06. The Bertz CT molecular complexity index is 551. The molecule has 0 atom stereocenters. The Hall–Kier alpha value is -2.24. The number of carbonyl (C=O) groups excluding carboxylic acids is 2. The zero-order chi connectivity index (χ0) is 16.1. The fourth-order valence-electron chi connectivity index (χ4n) is 2.46. The molecule has 0 saturated carbocycles. The summed E-state index contributed by atoms with van der Waals surface area (Å²) in [6.45, 7) is 3.54. The standard InChI is InChI=1S/C16H22N2O4/c1-11-5-7-18(8-6-11)16(20)12-3-4-13(14(9-12)21-2)22-10-15(17)19/h3-4,9,11H,5-8,10H2,1-2H3,(H2,17,19). The van der Waals surface area contributed by atoms with Gasteiger partial charge in [0.25, 0.3) is 11.8 Å². The molecule has 2 rings (SSSR count). The predicted molar refractivity (Wildman–Crippen MR) is 82.0 cm³/mol. The quantitative estimate of drug-likeness (QED) is 0.892. The Kier molecular flexibility index (Phi) is 5.25. The lowest BCUT2D eigenvalue weighted by Crippen LogP contribution is -2.37. The van der Waals surface area contributed by atoms with Crippen LogP contribution >= 0.6 is 0 Å². The lowest BCUT2D eigenvalue weighted by molar-refractivity contribution is -0.119. The van der Waals surface area contributed by atoms with Gasteiger partial charge in [-0.05, 0) is 37.0 Å². The molecule has 0 unspecified atom stereocenters. The number of rotatable bonds is 5. The highest BCUT2D eigenvalue weighted by molar-refractivity contribution is 5.95. The van der Waals surface area contributed by atoms with Gasteiger partial charge in [0.15, 0.2) is 18.1 Å². The SMILES string of the molecule is COc1cc(C(=O)N2CCC(C)CC2)ccc1OCC(N)=O. The number of likely N-dealkylation sites (tertiary alicyclic amines) is 1. The average Bonchev–Trinajstić information content (AvgIpc) is 2.52. The van der Waals surface area contributed by atoms with Crippen LogP contribution in [-0.2, 0) is 4.79 Å². The molecule has 1 aliphatic rings. The fourth-order valence-corrected chi connectivity index (χ4v) is 2.46. The van der Waals surface area contributed by atoms with Crippen molar-refractivity contribution in [3.05, 3.63) is 23.8 Å². The maximum absolute atomic E-state index is 12.5. The van der Waals surface area contributed by atoms with Gasteiger partial charge in [0.05, 0.1) is 7.11 Å². The van der Waals surface area contributed by atoms with E-state index in [2.05, 4.69) is 6.92 Å². The van der Waals surface area contributed by atoms with Crippen molar-refractivity contribution >= 4 is 11.8 Å². The Morgan fingerprint density at radius 3 is 2.55 bits per heavy atom. The zero-order valence-electron chi connectivity index (χ0n) is 13.0. The predicted octanol–water partition coefficient (Wildman–Crippen LogP) is 1.43. The van der Waals surface area contributed by atoms with E-state index in [-0.39, 0.29) is 12.5 Å². The molecule has 0 radical (unpaired) electrons. The summed E-state index contributed by atoms with van der Waals surface area (Å²) in [7, 11) is 1.49. The summed E-state index contributed by atoms with van der Waals surface area (Å²) in [5.41, 5.74) is 5.61. The van der Waals surface area contributed by atoms with Gasteiger partial charge in [0.2, 0.25) is 0 Å². The molecule has 1 aromatic rings. The maximum Gasteiger partial charge on any atom is 0.255 e. The summed E-state index contributed by atoms with van der Waals surface area (Å²) >= 11 is 0. The normalized spacial score (nSPS) is 15.5. The minimum atomic E-state index is -0.565. The van der Waals surface area contributed by atoms with Gasteiger partial charge < -0.3 is 20.1 Å². The Balaban J connectivity index is 2.11. The third kappa shape index (κ3) is 3.90. The van der Waals surface area contributed by atoms with E-state index in [0.717, 1.165) is 25.9 Å². The van der Waals surface area contributed by atoms with E-state index >= 15 is 0 Å². The van der Waals surface area contributed by atoms with Gasteiger partial charge in [-0.1, -0.05) is 6.92 Å². The van der Waals surface area contributed by atoms with Crippen molar-refractivity contribution in [2.24, 2.45) is 11.7 Å². The first kappa shape index (κ1) is 16.1. The highest BCUT2D eigenvalue weighted by Gasteiger charge is 2.22. The number of piperidine rings is 1. The Labute approximate surface area is 130 Å². The molecule has 22 heavy (non-hydrogen) atoms. The number of benzene rings is 1. The number of hydrogen-bond donors (Lipinski definition) is 1. The molecule has 2 N–H and O–H groups in total. The van der Waals surface area contributed by atoms with Crippen LogP contribution in [0, 0.1) is 5.92 Å². The van der Waals surface area contributed by atoms with Gasteiger partial charge in [0.1, 0.15) is 0 Å². The number of primary amides is 1. The number of nitrogens with zero attached hydrogens (tertiary/aromatic N) is 1. The lowest BCUT2D eigenvalue weighted by atomic mass is 9.98. The van der Waals surface area contributed by atoms with Crippen LogP contribution in [0.25, 0.3) is 0 Å². The molecule has 1 aromatic carbocycles. The van der Waals surface area contributed by atoms with Crippen molar-refractivity contribution in [1.29, 1.82) is 0 Å². The molecular formula is C16H22N2O4. The largest absolute Gasteiger partial charge is 0.493 e. The van der Waals surface area contributed by atoms with Crippen LogP contribution in [0.2, 0.25) is 0 Å². The molecule has 0 bridgehead atoms. The van der Waals surface area contributed by atoms with Crippen molar-refractivity contribution in [2.75, 3.05) is 26.8 Å². The lowest BCUT2D eigenvalue weighted by Gasteiger charge is -2.30. The van der Waals surface area contributed by atoms with Crippen LogP contribution in [0.5, 0.6) is 11.5 Å². The Morgan fingerprint density at radius 2 is 1.95 bits per heavy atom. The van der Waals surface area contributed by atoms with Gasteiger partial charge in [0, 0.05) is 18.7 Å². The van der Waals surface area contributed by atoms with Crippen molar-refractivity contribution in [3.63, 3.8) is 0 Å². The summed E-state index contributed by atoms with van der Waals surface area (Å²) in [6, 6.07) is 4.94. The second-order valence-corrected chi connectivity index (χ2v) is 5.60. The van der Waals surface area contributed by atoms with Crippen LogP contribution in [-0.4, -0.2) is 43.5 Å². The van der Waals surface area contributed by atoms with Crippen LogP contribution < -0.4 is 15.2 Å². The van der Waals surface area contributed by atoms with E-state index in [1.54, 1.807) is 18.2 Å². The van der Waals surface area contributed by atoms with E-state index in [4.69, 9.17) is 15.2 Å². The van der Waals surface area contributed by atoms with Gasteiger partial charge in [-0.25, -0.2) is 0 Å². The molecule has 1 saturated heterocycles. The molecule has 6 heteroatoms. The van der Waals surface area contributed by atoms with E-state index in [9.17, 15) is 9.59 Å². The van der Waals surface area contributed by atoms with E-state index in [0.29, 0.717) is 23.0 Å². The van der Waals surface area contributed by atoms with Crippen LogP contribution in [0.15, 0.2) is 18.2 Å². The number of nitrogens with two attached hydrogens (primary N) is 1. The van der Waals surface area contributed by atoms with Crippen LogP contribution in [0.3, 0.4) is 0 Å². The summed E-state index contributed by atoms with van der Waals surface area (Å²) in [4.78, 5) is 25.1. The second-order valence-electron chi connectivity index (χ2n) is 5.60. The highest BCUT2D eigenvalue weighted by Crippen LogP contribution is 2.29. The molecule has 120 valence electrons. The number of carbonyl (C=O) groups is 2. The molecule has 0 aliphatic carbocycles. The number of amides is 2. The topological polar surface area (TPSA) is 81.9 Å². The maximum atomic E-state index is 12.5.